The topological polar surface area (TPSA) is 35.8 Å². The molecule has 82 valence electrons. The van der Waals surface area contributed by atoms with Gasteiger partial charge < -0.3 is 5.32 Å². The number of thiophene rings is 1. The Morgan fingerprint density at radius 3 is 3.00 bits per heavy atom. The van der Waals surface area contributed by atoms with Gasteiger partial charge in [0.2, 0.25) is 0 Å². The minimum atomic E-state index is 0.360. The Kier molecular flexibility index (Phi) is 5.77. The molecule has 0 amide bonds. The van der Waals surface area contributed by atoms with Gasteiger partial charge in [0.25, 0.3) is 0 Å². The molecule has 2 nitrogen and oxygen atoms in total. The van der Waals surface area contributed by atoms with Crippen LogP contribution in [0.3, 0.4) is 0 Å². The van der Waals surface area contributed by atoms with Gasteiger partial charge in [0.1, 0.15) is 10.9 Å². The van der Waals surface area contributed by atoms with Crippen molar-refractivity contribution in [3.05, 3.63) is 21.9 Å². The Bertz CT molecular complexity index is 328. The monoisotopic (exact) mass is 240 g/mol. The largest absolute Gasteiger partial charge is 0.309 e. The quantitative estimate of drug-likeness (QED) is 0.776. The van der Waals surface area contributed by atoms with E-state index in [1.54, 1.807) is 11.3 Å². The van der Waals surface area contributed by atoms with Crippen LogP contribution in [-0.4, -0.2) is 18.6 Å². The molecule has 1 aromatic rings. The first kappa shape index (κ1) is 12.6. The summed E-state index contributed by atoms with van der Waals surface area (Å²) in [5, 5.41) is 12.2. The lowest BCUT2D eigenvalue weighted by molar-refractivity contribution is 0.580. The van der Waals surface area contributed by atoms with Crippen molar-refractivity contribution in [2.75, 3.05) is 18.6 Å². The van der Waals surface area contributed by atoms with E-state index in [0.717, 1.165) is 11.4 Å². The van der Waals surface area contributed by atoms with Crippen molar-refractivity contribution in [2.24, 2.45) is 0 Å². The Hall–Kier alpha value is -0.500. The number of nitrogens with one attached hydrogen (secondary N) is 1. The molecule has 1 unspecified atom stereocenters. The third-order valence-corrected chi connectivity index (χ3v) is 4.01. The van der Waals surface area contributed by atoms with Crippen LogP contribution in [0, 0.1) is 11.3 Å². The van der Waals surface area contributed by atoms with Gasteiger partial charge in [-0.1, -0.05) is 0 Å². The molecule has 0 aliphatic carbocycles. The van der Waals surface area contributed by atoms with Gasteiger partial charge in [-0.2, -0.15) is 17.0 Å². The van der Waals surface area contributed by atoms with Gasteiger partial charge in [0.05, 0.1) is 0 Å². The van der Waals surface area contributed by atoms with Crippen molar-refractivity contribution in [3.63, 3.8) is 0 Å². The van der Waals surface area contributed by atoms with E-state index < -0.39 is 0 Å². The summed E-state index contributed by atoms with van der Waals surface area (Å²) in [6, 6.07) is 6.45. The predicted octanol–water partition coefficient (Wildman–Crippen LogP) is 3.02. The lowest BCUT2D eigenvalue weighted by atomic mass is 10.2. The normalized spacial score (nSPS) is 12.3. The SMILES string of the molecule is CSCCCNC(C)c1ccc(C#N)s1. The zero-order valence-electron chi connectivity index (χ0n) is 9.12. The maximum Gasteiger partial charge on any atom is 0.110 e. The molecule has 0 spiro atoms. The maximum absolute atomic E-state index is 8.72. The maximum atomic E-state index is 8.72. The van der Waals surface area contributed by atoms with Gasteiger partial charge in [-0.05, 0) is 44.0 Å². The van der Waals surface area contributed by atoms with Crippen LogP contribution in [0.1, 0.15) is 29.1 Å². The minimum Gasteiger partial charge on any atom is -0.309 e. The molecule has 0 saturated carbocycles. The summed E-state index contributed by atoms with van der Waals surface area (Å²) in [6.45, 7) is 3.19. The highest BCUT2D eigenvalue weighted by molar-refractivity contribution is 7.98. The third-order valence-electron chi connectivity index (χ3n) is 2.14. The summed E-state index contributed by atoms with van der Waals surface area (Å²) in [5.74, 6) is 1.20. The van der Waals surface area contributed by atoms with Gasteiger partial charge in [-0.25, -0.2) is 0 Å². The van der Waals surface area contributed by atoms with Crippen molar-refractivity contribution in [1.82, 2.24) is 5.32 Å². The van der Waals surface area contributed by atoms with Crippen molar-refractivity contribution in [3.8, 4) is 6.07 Å². The number of thioether (sulfide) groups is 1. The average molecular weight is 240 g/mol. The molecule has 0 radical (unpaired) electrons. The van der Waals surface area contributed by atoms with Gasteiger partial charge in [-0.3, -0.25) is 0 Å². The fourth-order valence-corrected chi connectivity index (χ4v) is 2.55. The number of nitriles is 1. The molecular weight excluding hydrogens is 224 g/mol. The summed E-state index contributed by atoms with van der Waals surface area (Å²) in [5.41, 5.74) is 0. The second-order valence-electron chi connectivity index (χ2n) is 3.34. The highest BCUT2D eigenvalue weighted by Gasteiger charge is 2.07. The zero-order valence-corrected chi connectivity index (χ0v) is 10.8. The van der Waals surface area contributed by atoms with Gasteiger partial charge >= 0.3 is 0 Å². The third kappa shape index (κ3) is 4.25. The summed E-state index contributed by atoms with van der Waals surface area (Å²) in [7, 11) is 0. The second-order valence-corrected chi connectivity index (χ2v) is 5.44. The smallest absolute Gasteiger partial charge is 0.110 e. The number of nitrogens with zero attached hydrogens (tertiary/aromatic N) is 1. The van der Waals surface area contributed by atoms with Crippen molar-refractivity contribution < 1.29 is 0 Å². The predicted molar refractivity (Wildman–Crippen MR) is 68.5 cm³/mol. The van der Waals surface area contributed by atoms with E-state index in [9.17, 15) is 0 Å². The molecule has 0 aliphatic heterocycles. The van der Waals surface area contributed by atoms with Gasteiger partial charge in [0, 0.05) is 10.9 Å². The second kappa shape index (κ2) is 6.89. The molecule has 0 bridgehead atoms. The Balaban J connectivity index is 2.33. The molecule has 1 aromatic heterocycles. The Morgan fingerprint density at radius 1 is 1.60 bits per heavy atom. The first-order valence-corrected chi connectivity index (χ1v) is 7.21. The lowest BCUT2D eigenvalue weighted by Gasteiger charge is -2.11. The number of hydrogen-bond donors (Lipinski definition) is 1. The fraction of sp³-hybridized carbons (Fsp3) is 0.545. The van der Waals surface area contributed by atoms with E-state index in [2.05, 4.69) is 24.6 Å². The van der Waals surface area contributed by atoms with E-state index in [1.165, 1.54) is 17.1 Å². The van der Waals surface area contributed by atoms with Crippen LogP contribution in [0.5, 0.6) is 0 Å². The van der Waals surface area contributed by atoms with Crippen LogP contribution >= 0.6 is 23.1 Å². The molecule has 0 saturated heterocycles. The molecule has 1 heterocycles. The Labute approximate surface area is 99.7 Å². The molecule has 1 rings (SSSR count). The molecule has 0 fully saturated rings. The van der Waals surface area contributed by atoms with Crippen LogP contribution in [0.4, 0.5) is 0 Å². The first-order chi connectivity index (χ1) is 7.27. The van der Waals surface area contributed by atoms with Crippen LogP contribution in [-0.2, 0) is 0 Å². The zero-order chi connectivity index (χ0) is 11.1. The van der Waals surface area contributed by atoms with Crippen LogP contribution in [0.2, 0.25) is 0 Å². The fourth-order valence-electron chi connectivity index (χ4n) is 1.28. The summed E-state index contributed by atoms with van der Waals surface area (Å²) in [6.07, 6.45) is 3.32. The van der Waals surface area contributed by atoms with E-state index in [4.69, 9.17) is 5.26 Å². The molecule has 15 heavy (non-hydrogen) atoms. The molecule has 1 N–H and O–H groups in total. The van der Waals surface area contributed by atoms with Crippen molar-refractivity contribution >= 4 is 23.1 Å². The van der Waals surface area contributed by atoms with Crippen LogP contribution in [0.25, 0.3) is 0 Å². The molecular formula is C11H16N2S2. The first-order valence-electron chi connectivity index (χ1n) is 5.00. The number of rotatable bonds is 6. The molecule has 0 aliphatic rings. The lowest BCUT2D eigenvalue weighted by Crippen LogP contribution is -2.19. The number of hydrogen-bond acceptors (Lipinski definition) is 4. The van der Waals surface area contributed by atoms with Crippen molar-refractivity contribution in [2.45, 2.75) is 19.4 Å². The van der Waals surface area contributed by atoms with E-state index >= 15 is 0 Å². The minimum absolute atomic E-state index is 0.360. The highest BCUT2D eigenvalue weighted by Crippen LogP contribution is 2.22. The van der Waals surface area contributed by atoms with Crippen LogP contribution < -0.4 is 5.32 Å². The molecule has 1 atom stereocenters. The van der Waals surface area contributed by atoms with Gasteiger partial charge in [0.15, 0.2) is 0 Å². The van der Waals surface area contributed by atoms with Gasteiger partial charge in [-0.15, -0.1) is 11.3 Å². The average Bonchev–Trinajstić information content (AvgIpc) is 2.72. The standard InChI is InChI=1S/C11H16N2S2/c1-9(13-6-3-7-14-2)11-5-4-10(8-12)15-11/h4-5,9,13H,3,6-7H2,1-2H3. The summed E-state index contributed by atoms with van der Waals surface area (Å²) < 4.78 is 0. The molecule has 4 heteroatoms. The van der Waals surface area contributed by atoms with Crippen molar-refractivity contribution in [1.29, 1.82) is 5.26 Å². The summed E-state index contributed by atoms with van der Waals surface area (Å²) >= 11 is 3.45. The van der Waals surface area contributed by atoms with E-state index in [-0.39, 0.29) is 0 Å². The van der Waals surface area contributed by atoms with E-state index in [1.807, 2.05) is 23.9 Å². The van der Waals surface area contributed by atoms with E-state index in [0.29, 0.717) is 6.04 Å². The van der Waals surface area contributed by atoms with Crippen LogP contribution in [0.15, 0.2) is 12.1 Å². The molecule has 0 aromatic carbocycles. The summed E-state index contributed by atoms with van der Waals surface area (Å²) in [4.78, 5) is 2.04. The highest BCUT2D eigenvalue weighted by atomic mass is 32.2. The Morgan fingerprint density at radius 2 is 2.40 bits per heavy atom.